The van der Waals surface area contributed by atoms with Crippen LogP contribution in [0.2, 0.25) is 0 Å². The topological polar surface area (TPSA) is 104 Å². The van der Waals surface area contributed by atoms with Crippen molar-refractivity contribution in [1.82, 2.24) is 4.90 Å². The van der Waals surface area contributed by atoms with E-state index in [1.165, 1.54) is 24.8 Å². The van der Waals surface area contributed by atoms with Crippen molar-refractivity contribution in [1.29, 1.82) is 0 Å². The van der Waals surface area contributed by atoms with Crippen LogP contribution in [0.5, 0.6) is 0 Å². The van der Waals surface area contributed by atoms with Crippen LogP contribution >= 0.6 is 0 Å². The molecule has 0 radical (unpaired) electrons. The molecule has 2 fully saturated rings. The molecule has 0 bridgehead atoms. The Morgan fingerprint density at radius 3 is 2.44 bits per heavy atom. The number of aliphatic hydroxyl groups excluding tert-OH is 1. The third-order valence-corrected chi connectivity index (χ3v) is 2.29. The maximum Gasteiger partial charge on any atom is 0.334 e. The maximum absolute atomic E-state index is 11.1. The second-order valence-corrected chi connectivity index (χ2v) is 4.02. The summed E-state index contributed by atoms with van der Waals surface area (Å²) >= 11 is 0. The number of nitrogens with zero attached hydrogens (tertiary/aromatic N) is 1. The summed E-state index contributed by atoms with van der Waals surface area (Å²) in [5.41, 5.74) is 0. The van der Waals surface area contributed by atoms with E-state index in [9.17, 15) is 14.4 Å². The van der Waals surface area contributed by atoms with Crippen molar-refractivity contribution < 1.29 is 29.3 Å². The number of β-lactam (4-membered cyclic amide) rings is 1. The molecule has 1 amide bonds. The lowest BCUT2D eigenvalue weighted by atomic mass is 10.1. The summed E-state index contributed by atoms with van der Waals surface area (Å²) < 4.78 is 5.17. The fourth-order valence-electron chi connectivity index (χ4n) is 1.66. The van der Waals surface area contributed by atoms with Crippen molar-refractivity contribution in [2.75, 3.05) is 6.61 Å². The number of ketones is 1. The molecule has 2 heterocycles. The molecule has 2 saturated heterocycles. The second kappa shape index (κ2) is 5.63. The van der Waals surface area contributed by atoms with Crippen molar-refractivity contribution in [2.45, 2.75) is 32.5 Å². The number of fused-ring (bicyclic) bond motifs is 1. The predicted molar refractivity (Wildman–Crippen MR) is 59.3 cm³/mol. The molecule has 0 saturated carbocycles. The van der Waals surface area contributed by atoms with Crippen molar-refractivity contribution in [3.05, 3.63) is 11.8 Å². The van der Waals surface area contributed by atoms with Crippen molar-refractivity contribution in [3.63, 3.8) is 0 Å². The number of carbonyl (C=O) groups excluding carboxylic acids is 2. The van der Waals surface area contributed by atoms with Crippen LogP contribution < -0.4 is 0 Å². The molecule has 0 aliphatic carbocycles. The zero-order chi connectivity index (χ0) is 13.9. The lowest BCUT2D eigenvalue weighted by Gasteiger charge is -2.33. The van der Waals surface area contributed by atoms with Gasteiger partial charge in [0, 0.05) is 0 Å². The molecule has 0 unspecified atom stereocenters. The molecule has 7 nitrogen and oxygen atoms in total. The van der Waals surface area contributed by atoms with Crippen LogP contribution in [0.25, 0.3) is 0 Å². The van der Waals surface area contributed by atoms with Crippen molar-refractivity contribution in [3.8, 4) is 0 Å². The molecule has 2 atom stereocenters. The smallest absolute Gasteiger partial charge is 0.334 e. The Balaban J connectivity index is 0.000000357. The summed E-state index contributed by atoms with van der Waals surface area (Å²) in [5.74, 6) is -1.06. The van der Waals surface area contributed by atoms with Gasteiger partial charge in [0.25, 0.3) is 0 Å². The van der Waals surface area contributed by atoms with Gasteiger partial charge in [-0.25, -0.2) is 4.79 Å². The van der Waals surface area contributed by atoms with E-state index in [4.69, 9.17) is 14.9 Å². The molecule has 100 valence electrons. The van der Waals surface area contributed by atoms with Gasteiger partial charge in [0.05, 0.1) is 13.0 Å². The number of amides is 1. The minimum absolute atomic E-state index is 0.149. The highest BCUT2D eigenvalue weighted by Gasteiger charge is 2.53. The van der Waals surface area contributed by atoms with Gasteiger partial charge in [0.15, 0.2) is 12.3 Å². The van der Waals surface area contributed by atoms with Gasteiger partial charge in [-0.15, -0.1) is 0 Å². The van der Waals surface area contributed by atoms with E-state index < -0.39 is 18.2 Å². The minimum Gasteiger partial charge on any atom is -0.479 e. The number of carbonyl (C=O) groups is 3. The summed E-state index contributed by atoms with van der Waals surface area (Å²) in [7, 11) is 0. The molecule has 0 spiro atoms. The molecule has 18 heavy (non-hydrogen) atoms. The molecule has 7 heteroatoms. The number of rotatable bonds is 2. The zero-order valence-corrected chi connectivity index (χ0v) is 10.1. The third-order valence-electron chi connectivity index (χ3n) is 2.29. The molecule has 2 aliphatic rings. The quantitative estimate of drug-likeness (QED) is 0.646. The molecule has 0 aromatic rings. The van der Waals surface area contributed by atoms with E-state index >= 15 is 0 Å². The Labute approximate surface area is 104 Å². The van der Waals surface area contributed by atoms with Gasteiger partial charge in [0.1, 0.15) is 11.5 Å². The Bertz CT molecular complexity index is 398. The lowest BCUT2D eigenvalue weighted by molar-refractivity contribution is -0.163. The van der Waals surface area contributed by atoms with Gasteiger partial charge < -0.3 is 19.7 Å². The monoisotopic (exact) mass is 257 g/mol. The molecule has 2 N–H and O–H groups in total. The standard InChI is InChI=1S/C8H9NO5.C3H6O/c10-2-1-4-7(8(12)13)9-5(11)3-6(9)14-4;1-3(2)4/h1,6-7,10H,2-3H2,(H,12,13);1-2H3/b4-1-;/t6-,7-;/m1./s1. The minimum atomic E-state index is -1.14. The third kappa shape index (κ3) is 2.86. The van der Waals surface area contributed by atoms with Gasteiger partial charge in [-0.3, -0.25) is 9.69 Å². The van der Waals surface area contributed by atoms with Gasteiger partial charge in [-0.2, -0.15) is 0 Å². The predicted octanol–water partition coefficient (Wildman–Crippen LogP) is -0.500. The Morgan fingerprint density at radius 2 is 2.06 bits per heavy atom. The highest BCUT2D eigenvalue weighted by atomic mass is 16.5. The molecular formula is C11H15NO6. The van der Waals surface area contributed by atoms with Crippen LogP contribution in [-0.2, 0) is 19.1 Å². The SMILES string of the molecule is CC(C)=O.O=C(O)[C@H]1/C(=C/CO)O[C@@H]2CC(=O)N21. The first-order valence-electron chi connectivity index (χ1n) is 5.37. The van der Waals surface area contributed by atoms with E-state index in [-0.39, 0.29) is 30.5 Å². The number of hydrogen-bond donors (Lipinski definition) is 2. The van der Waals surface area contributed by atoms with Gasteiger partial charge in [0.2, 0.25) is 5.91 Å². The van der Waals surface area contributed by atoms with E-state index in [0.717, 1.165) is 0 Å². The van der Waals surface area contributed by atoms with Crippen LogP contribution in [0, 0.1) is 0 Å². The van der Waals surface area contributed by atoms with E-state index in [0.29, 0.717) is 0 Å². The van der Waals surface area contributed by atoms with Crippen molar-refractivity contribution in [2.24, 2.45) is 0 Å². The first-order chi connectivity index (χ1) is 8.38. The molecular weight excluding hydrogens is 242 g/mol. The van der Waals surface area contributed by atoms with Crippen molar-refractivity contribution >= 4 is 17.7 Å². The molecule has 0 aromatic heterocycles. The fraction of sp³-hybridized carbons (Fsp3) is 0.545. The normalized spacial score (nSPS) is 26.7. The largest absolute Gasteiger partial charge is 0.479 e. The number of carboxylic acids is 1. The zero-order valence-electron chi connectivity index (χ0n) is 10.1. The van der Waals surface area contributed by atoms with E-state index in [1.807, 2.05) is 0 Å². The Morgan fingerprint density at radius 1 is 1.50 bits per heavy atom. The number of ether oxygens (including phenoxy) is 1. The first kappa shape index (κ1) is 14.2. The summed E-state index contributed by atoms with van der Waals surface area (Å²) in [6.07, 6.45) is 1.03. The van der Waals surface area contributed by atoms with E-state index in [2.05, 4.69) is 0 Å². The van der Waals surface area contributed by atoms with Crippen LogP contribution in [0.15, 0.2) is 11.8 Å². The Kier molecular flexibility index (Phi) is 4.43. The number of hydrogen-bond acceptors (Lipinski definition) is 5. The van der Waals surface area contributed by atoms with Crippen LogP contribution in [0.3, 0.4) is 0 Å². The van der Waals surface area contributed by atoms with Gasteiger partial charge in [-0.05, 0) is 19.9 Å². The fourth-order valence-corrected chi connectivity index (χ4v) is 1.66. The molecule has 2 aliphatic heterocycles. The van der Waals surface area contributed by atoms with Crippen LogP contribution in [0.1, 0.15) is 20.3 Å². The Hall–Kier alpha value is -1.89. The lowest BCUT2D eigenvalue weighted by Crippen LogP contribution is -2.54. The average molecular weight is 257 g/mol. The average Bonchev–Trinajstić information content (AvgIpc) is 2.51. The number of carboxylic acid groups (broad SMARTS) is 1. The summed E-state index contributed by atoms with van der Waals surface area (Å²) in [6, 6.07) is -1.06. The van der Waals surface area contributed by atoms with Crippen LogP contribution in [0.4, 0.5) is 0 Å². The number of aliphatic carboxylic acids is 1. The first-order valence-corrected chi connectivity index (χ1v) is 5.37. The second-order valence-electron chi connectivity index (χ2n) is 4.02. The molecule has 0 aromatic carbocycles. The summed E-state index contributed by atoms with van der Waals surface area (Å²) in [6.45, 7) is 2.76. The number of Topliss-reactive ketones (excluding diaryl/α,β-unsaturated/α-hetero) is 1. The molecule has 2 rings (SSSR count). The maximum atomic E-state index is 11.1. The number of aliphatic hydroxyl groups is 1. The summed E-state index contributed by atoms with van der Waals surface area (Å²) in [4.78, 5) is 32.5. The highest BCUT2D eigenvalue weighted by molar-refractivity contribution is 5.91. The van der Waals surface area contributed by atoms with Crippen LogP contribution in [-0.4, -0.2) is 51.6 Å². The highest BCUT2D eigenvalue weighted by Crippen LogP contribution is 2.36. The van der Waals surface area contributed by atoms with E-state index in [1.54, 1.807) is 0 Å². The van der Waals surface area contributed by atoms with Gasteiger partial charge in [-0.1, -0.05) is 0 Å². The van der Waals surface area contributed by atoms with Gasteiger partial charge >= 0.3 is 5.97 Å². The summed E-state index contributed by atoms with van der Waals surface area (Å²) in [5, 5.41) is 17.5.